The molecular weight excluding hydrogens is 253 g/mol. The molecule has 7 heteroatoms. The number of hydrogen-bond donors (Lipinski definition) is 5. The molecule has 0 spiro atoms. The molecule has 1 fully saturated rings. The fourth-order valence-corrected chi connectivity index (χ4v) is 2.03. The smallest absolute Gasteiger partial charge is 0.253 e. The Kier molecular flexibility index (Phi) is 3.98. The van der Waals surface area contributed by atoms with Crippen molar-refractivity contribution >= 4 is 11.6 Å². The lowest BCUT2D eigenvalue weighted by atomic mass is 10.0. The van der Waals surface area contributed by atoms with Gasteiger partial charge in [0, 0.05) is 5.69 Å². The zero-order valence-corrected chi connectivity index (χ0v) is 10.1. The second-order valence-electron chi connectivity index (χ2n) is 4.52. The lowest BCUT2D eigenvalue weighted by Gasteiger charge is -2.32. The van der Waals surface area contributed by atoms with E-state index < -0.39 is 30.2 Å². The van der Waals surface area contributed by atoms with E-state index in [9.17, 15) is 19.4 Å². The highest BCUT2D eigenvalue weighted by atomic mass is 19.1. The van der Waals surface area contributed by atoms with Crippen LogP contribution in [0.1, 0.15) is 23.2 Å². The number of hydrogen-bond acceptors (Lipinski definition) is 5. The Hall–Kier alpha value is -1.70. The summed E-state index contributed by atoms with van der Waals surface area (Å²) in [5, 5.41) is 24.1. The van der Waals surface area contributed by atoms with Gasteiger partial charge in [0.25, 0.3) is 5.91 Å². The molecule has 0 aromatic heterocycles. The number of carbonyl (C=O) groups excluding carboxylic acids is 1. The standard InChI is InChI=1S/C12H16FN3O3/c13-6-1-2-7(8(14)5-6)11(18)15-9-3-4-10(17)16-12(9)19/h1-2,5,9-10,12,16-17,19H,3-4,14H2,(H,15,18). The second kappa shape index (κ2) is 5.52. The normalized spacial score (nSPS) is 27.0. The van der Waals surface area contributed by atoms with Gasteiger partial charge in [-0.1, -0.05) is 0 Å². The predicted octanol–water partition coefficient (Wildman–Crippen LogP) is -0.474. The van der Waals surface area contributed by atoms with Crippen LogP contribution in [0.15, 0.2) is 18.2 Å². The number of aliphatic hydroxyl groups excluding tert-OH is 2. The number of nitrogens with one attached hydrogen (secondary N) is 2. The quantitative estimate of drug-likeness (QED) is 0.466. The largest absolute Gasteiger partial charge is 0.398 e. The number of rotatable bonds is 2. The number of halogens is 1. The van der Waals surface area contributed by atoms with E-state index in [1.165, 1.54) is 6.07 Å². The molecule has 1 aromatic carbocycles. The van der Waals surface area contributed by atoms with E-state index in [-0.39, 0.29) is 11.3 Å². The molecule has 0 radical (unpaired) electrons. The summed E-state index contributed by atoms with van der Waals surface area (Å²) in [6.45, 7) is 0. The lowest BCUT2D eigenvalue weighted by molar-refractivity contribution is -0.0161. The summed E-state index contributed by atoms with van der Waals surface area (Å²) in [5.41, 5.74) is 5.76. The SMILES string of the molecule is Nc1cc(F)ccc1C(=O)NC1CCC(O)NC1O. The Balaban J connectivity index is 2.04. The topological polar surface area (TPSA) is 108 Å². The fraction of sp³-hybridized carbons (Fsp3) is 0.417. The van der Waals surface area contributed by atoms with Crippen LogP contribution in [0, 0.1) is 5.82 Å². The van der Waals surface area contributed by atoms with Gasteiger partial charge < -0.3 is 21.3 Å². The molecule has 3 atom stereocenters. The van der Waals surface area contributed by atoms with Crippen LogP contribution in [0.4, 0.5) is 10.1 Å². The second-order valence-corrected chi connectivity index (χ2v) is 4.52. The Morgan fingerprint density at radius 1 is 1.42 bits per heavy atom. The van der Waals surface area contributed by atoms with Crippen molar-refractivity contribution in [2.75, 3.05) is 5.73 Å². The number of amides is 1. The first kappa shape index (κ1) is 13.7. The first-order valence-electron chi connectivity index (χ1n) is 5.95. The van der Waals surface area contributed by atoms with Crippen molar-refractivity contribution in [3.63, 3.8) is 0 Å². The zero-order chi connectivity index (χ0) is 14.0. The summed E-state index contributed by atoms with van der Waals surface area (Å²) in [4.78, 5) is 12.0. The maximum absolute atomic E-state index is 12.9. The number of benzene rings is 1. The number of anilines is 1. The third-order valence-electron chi connectivity index (χ3n) is 3.07. The fourth-order valence-electron chi connectivity index (χ4n) is 2.03. The van der Waals surface area contributed by atoms with Crippen LogP contribution >= 0.6 is 0 Å². The number of nitrogens with two attached hydrogens (primary N) is 1. The highest BCUT2D eigenvalue weighted by Crippen LogP contribution is 2.16. The molecule has 6 nitrogen and oxygen atoms in total. The maximum atomic E-state index is 12.9. The van der Waals surface area contributed by atoms with Crippen LogP contribution in [0.5, 0.6) is 0 Å². The van der Waals surface area contributed by atoms with Gasteiger partial charge in [0.05, 0.1) is 11.6 Å². The molecule has 1 heterocycles. The molecule has 2 rings (SSSR count). The monoisotopic (exact) mass is 269 g/mol. The average molecular weight is 269 g/mol. The van der Waals surface area contributed by atoms with Gasteiger partial charge in [0.2, 0.25) is 0 Å². The summed E-state index contributed by atoms with van der Waals surface area (Å²) in [5.74, 6) is -1.00. The van der Waals surface area contributed by atoms with Crippen molar-refractivity contribution in [3.05, 3.63) is 29.6 Å². The van der Waals surface area contributed by atoms with Gasteiger partial charge in [-0.05, 0) is 31.0 Å². The van der Waals surface area contributed by atoms with E-state index in [1.54, 1.807) is 0 Å². The average Bonchev–Trinajstić information content (AvgIpc) is 2.32. The van der Waals surface area contributed by atoms with Gasteiger partial charge >= 0.3 is 0 Å². The minimum atomic E-state index is -1.03. The highest BCUT2D eigenvalue weighted by Gasteiger charge is 2.28. The van der Waals surface area contributed by atoms with E-state index in [0.29, 0.717) is 12.8 Å². The van der Waals surface area contributed by atoms with E-state index in [2.05, 4.69) is 10.6 Å². The number of carbonyl (C=O) groups is 1. The first-order valence-corrected chi connectivity index (χ1v) is 5.95. The van der Waals surface area contributed by atoms with Gasteiger partial charge in [0.15, 0.2) is 0 Å². The molecule has 0 saturated carbocycles. The van der Waals surface area contributed by atoms with Gasteiger partial charge in [-0.3, -0.25) is 10.1 Å². The van der Waals surface area contributed by atoms with Crippen LogP contribution in [-0.2, 0) is 0 Å². The summed E-state index contributed by atoms with van der Waals surface area (Å²) >= 11 is 0. The zero-order valence-electron chi connectivity index (χ0n) is 10.1. The predicted molar refractivity (Wildman–Crippen MR) is 66.4 cm³/mol. The molecule has 1 aliphatic rings. The Morgan fingerprint density at radius 2 is 2.16 bits per heavy atom. The van der Waals surface area contributed by atoms with Crippen LogP contribution in [0.25, 0.3) is 0 Å². The molecule has 0 aliphatic carbocycles. The molecule has 1 amide bonds. The van der Waals surface area contributed by atoms with E-state index >= 15 is 0 Å². The molecule has 1 aliphatic heterocycles. The number of piperidine rings is 1. The molecule has 104 valence electrons. The maximum Gasteiger partial charge on any atom is 0.253 e. The van der Waals surface area contributed by atoms with E-state index in [4.69, 9.17) is 5.73 Å². The summed E-state index contributed by atoms with van der Waals surface area (Å²) in [6, 6.07) is 2.97. The van der Waals surface area contributed by atoms with Gasteiger partial charge in [-0.2, -0.15) is 0 Å². The molecule has 3 unspecified atom stereocenters. The van der Waals surface area contributed by atoms with Crippen LogP contribution in [-0.4, -0.2) is 34.6 Å². The molecule has 1 saturated heterocycles. The van der Waals surface area contributed by atoms with Crippen molar-refractivity contribution in [1.29, 1.82) is 0 Å². The third kappa shape index (κ3) is 3.19. The molecule has 19 heavy (non-hydrogen) atoms. The van der Waals surface area contributed by atoms with Crippen LogP contribution < -0.4 is 16.4 Å². The van der Waals surface area contributed by atoms with Crippen LogP contribution in [0.3, 0.4) is 0 Å². The Labute approximate surface area is 109 Å². The molecule has 0 bridgehead atoms. The lowest BCUT2D eigenvalue weighted by Crippen LogP contribution is -2.56. The van der Waals surface area contributed by atoms with Gasteiger partial charge in [-0.15, -0.1) is 0 Å². The first-order chi connectivity index (χ1) is 8.97. The van der Waals surface area contributed by atoms with Crippen LogP contribution in [0.2, 0.25) is 0 Å². The van der Waals surface area contributed by atoms with Crippen molar-refractivity contribution in [2.24, 2.45) is 0 Å². The van der Waals surface area contributed by atoms with Gasteiger partial charge in [-0.25, -0.2) is 4.39 Å². The summed E-state index contributed by atoms with van der Waals surface area (Å²) < 4.78 is 12.9. The number of nitrogen functional groups attached to an aromatic ring is 1. The molecular formula is C12H16FN3O3. The summed E-state index contributed by atoms with van der Waals surface area (Å²) in [6.07, 6.45) is -0.961. The molecule has 1 aromatic rings. The number of aliphatic hydroxyl groups is 2. The van der Waals surface area contributed by atoms with Crippen molar-refractivity contribution < 1.29 is 19.4 Å². The highest BCUT2D eigenvalue weighted by molar-refractivity contribution is 5.99. The van der Waals surface area contributed by atoms with Crippen molar-refractivity contribution in [2.45, 2.75) is 31.3 Å². The minimum Gasteiger partial charge on any atom is -0.398 e. The van der Waals surface area contributed by atoms with E-state index in [0.717, 1.165) is 12.1 Å². The molecule has 6 N–H and O–H groups in total. The van der Waals surface area contributed by atoms with E-state index in [1.807, 2.05) is 0 Å². The third-order valence-corrected chi connectivity index (χ3v) is 3.07. The van der Waals surface area contributed by atoms with Crippen molar-refractivity contribution in [1.82, 2.24) is 10.6 Å². The Bertz CT molecular complexity index is 483. The Morgan fingerprint density at radius 3 is 2.79 bits per heavy atom. The summed E-state index contributed by atoms with van der Waals surface area (Å²) in [7, 11) is 0. The minimum absolute atomic E-state index is 0.0378. The van der Waals surface area contributed by atoms with Crippen molar-refractivity contribution in [3.8, 4) is 0 Å². The van der Waals surface area contributed by atoms with Gasteiger partial charge in [0.1, 0.15) is 18.3 Å².